The van der Waals surface area contributed by atoms with Gasteiger partial charge in [-0.1, -0.05) is 44.2 Å². The maximum absolute atomic E-state index is 12.3. The maximum atomic E-state index is 12.3. The van der Waals surface area contributed by atoms with E-state index in [4.69, 9.17) is 5.73 Å². The predicted molar refractivity (Wildman–Crippen MR) is 86.4 cm³/mol. The molecule has 2 aromatic rings. The molecule has 112 valence electrons. The molecular weight excluding hydrogens is 282 g/mol. The molecule has 1 unspecified atom stereocenters. The molecule has 5 heteroatoms. The number of carbonyl (C=O) groups excluding carboxylic acids is 1. The standard InChI is InChI=1S/C16H21N3OS/c1-11(16(2,3)12-7-5-4-6-8-12)18-15(20)13-10-21-14(9-17)19-13/h4-8,10-11H,9,17H2,1-3H3,(H,18,20). The molecule has 4 nitrogen and oxygen atoms in total. The molecule has 21 heavy (non-hydrogen) atoms. The van der Waals surface area contributed by atoms with Crippen LogP contribution in [0.3, 0.4) is 0 Å². The first-order valence-electron chi connectivity index (χ1n) is 6.96. The maximum Gasteiger partial charge on any atom is 0.270 e. The van der Waals surface area contributed by atoms with Crippen LogP contribution in [0.25, 0.3) is 0 Å². The molecule has 0 bridgehead atoms. The van der Waals surface area contributed by atoms with E-state index in [9.17, 15) is 4.79 Å². The molecule has 1 heterocycles. The van der Waals surface area contributed by atoms with Gasteiger partial charge in [0.25, 0.3) is 5.91 Å². The summed E-state index contributed by atoms with van der Waals surface area (Å²) in [6.07, 6.45) is 0. The Bertz CT molecular complexity index is 607. The third-order valence-corrected chi connectivity index (χ3v) is 4.78. The van der Waals surface area contributed by atoms with Gasteiger partial charge in [0.2, 0.25) is 0 Å². The second kappa shape index (κ2) is 6.37. The number of nitrogens with two attached hydrogens (primary N) is 1. The summed E-state index contributed by atoms with van der Waals surface area (Å²) in [5.74, 6) is -0.151. The molecule has 0 saturated heterocycles. The zero-order chi connectivity index (χ0) is 15.5. The SMILES string of the molecule is CC(NC(=O)c1csc(CN)n1)C(C)(C)c1ccccc1. The summed E-state index contributed by atoms with van der Waals surface area (Å²) in [6, 6.07) is 10.2. The second-order valence-electron chi connectivity index (χ2n) is 5.61. The highest BCUT2D eigenvalue weighted by atomic mass is 32.1. The van der Waals surface area contributed by atoms with Crippen LogP contribution < -0.4 is 11.1 Å². The number of amides is 1. The summed E-state index contributed by atoms with van der Waals surface area (Å²) in [5, 5.41) is 5.56. The van der Waals surface area contributed by atoms with E-state index in [0.717, 1.165) is 5.01 Å². The molecule has 0 saturated carbocycles. The van der Waals surface area contributed by atoms with Crippen molar-refractivity contribution in [2.45, 2.75) is 38.8 Å². The van der Waals surface area contributed by atoms with Crippen molar-refractivity contribution >= 4 is 17.2 Å². The molecule has 0 aliphatic rings. The molecule has 1 aromatic heterocycles. The van der Waals surface area contributed by atoms with Crippen LogP contribution in [0.4, 0.5) is 0 Å². The van der Waals surface area contributed by atoms with Crippen LogP contribution in [0.15, 0.2) is 35.7 Å². The molecule has 3 N–H and O–H groups in total. The van der Waals surface area contributed by atoms with Crippen LogP contribution in [0.1, 0.15) is 41.8 Å². The predicted octanol–water partition coefficient (Wildman–Crippen LogP) is 2.70. The molecule has 1 aromatic carbocycles. The summed E-state index contributed by atoms with van der Waals surface area (Å²) in [4.78, 5) is 16.5. The topological polar surface area (TPSA) is 68.0 Å². The van der Waals surface area contributed by atoms with Gasteiger partial charge in [-0.25, -0.2) is 4.98 Å². The van der Waals surface area contributed by atoms with Gasteiger partial charge in [0.15, 0.2) is 0 Å². The third-order valence-electron chi connectivity index (χ3n) is 3.91. The summed E-state index contributed by atoms with van der Waals surface area (Å²) < 4.78 is 0. The molecule has 2 rings (SSSR count). The number of hydrogen-bond donors (Lipinski definition) is 2. The monoisotopic (exact) mass is 303 g/mol. The number of nitrogens with one attached hydrogen (secondary N) is 1. The smallest absolute Gasteiger partial charge is 0.270 e. The second-order valence-corrected chi connectivity index (χ2v) is 6.56. The van der Waals surface area contributed by atoms with Gasteiger partial charge < -0.3 is 11.1 Å². The molecule has 0 aliphatic heterocycles. The average molecular weight is 303 g/mol. The Hall–Kier alpha value is -1.72. The molecular formula is C16H21N3OS. The first-order valence-corrected chi connectivity index (χ1v) is 7.84. The van der Waals surface area contributed by atoms with Crippen molar-refractivity contribution in [1.29, 1.82) is 0 Å². The summed E-state index contributed by atoms with van der Waals surface area (Å²) in [5.41, 5.74) is 7.00. The van der Waals surface area contributed by atoms with Crippen molar-refractivity contribution in [3.63, 3.8) is 0 Å². The summed E-state index contributed by atoms with van der Waals surface area (Å²) in [6.45, 7) is 6.63. The Morgan fingerprint density at radius 2 is 2.05 bits per heavy atom. The van der Waals surface area contributed by atoms with Gasteiger partial charge in [-0.2, -0.15) is 0 Å². The van der Waals surface area contributed by atoms with E-state index in [-0.39, 0.29) is 17.4 Å². The van der Waals surface area contributed by atoms with E-state index in [2.05, 4.69) is 36.3 Å². The number of thiazole rings is 1. The molecule has 0 radical (unpaired) electrons. The van der Waals surface area contributed by atoms with Crippen LogP contribution in [0.5, 0.6) is 0 Å². The summed E-state index contributed by atoms with van der Waals surface area (Å²) in [7, 11) is 0. The van der Waals surface area contributed by atoms with Crippen molar-refractivity contribution in [3.8, 4) is 0 Å². The fourth-order valence-electron chi connectivity index (χ4n) is 2.08. The van der Waals surface area contributed by atoms with Crippen molar-refractivity contribution in [2.24, 2.45) is 5.73 Å². The Morgan fingerprint density at radius 1 is 1.38 bits per heavy atom. The molecule has 0 spiro atoms. The number of benzene rings is 1. The van der Waals surface area contributed by atoms with Gasteiger partial charge in [0.1, 0.15) is 10.7 Å². The minimum atomic E-state index is -0.163. The van der Waals surface area contributed by atoms with E-state index in [1.807, 2.05) is 25.1 Å². The largest absolute Gasteiger partial charge is 0.347 e. The van der Waals surface area contributed by atoms with E-state index in [1.165, 1.54) is 16.9 Å². The summed E-state index contributed by atoms with van der Waals surface area (Å²) >= 11 is 1.41. The first-order chi connectivity index (χ1) is 9.95. The van der Waals surface area contributed by atoms with Crippen molar-refractivity contribution in [3.05, 3.63) is 52.0 Å². The van der Waals surface area contributed by atoms with E-state index < -0.39 is 0 Å². The van der Waals surface area contributed by atoms with Gasteiger partial charge in [-0.15, -0.1) is 11.3 Å². The Balaban J connectivity index is 2.10. The van der Waals surface area contributed by atoms with Crippen LogP contribution in [0.2, 0.25) is 0 Å². The number of carbonyl (C=O) groups is 1. The van der Waals surface area contributed by atoms with Gasteiger partial charge in [-0.05, 0) is 12.5 Å². The quantitative estimate of drug-likeness (QED) is 0.892. The fraction of sp³-hybridized carbons (Fsp3) is 0.375. The van der Waals surface area contributed by atoms with Crippen LogP contribution in [-0.2, 0) is 12.0 Å². The Labute approximate surface area is 129 Å². The van der Waals surface area contributed by atoms with Gasteiger partial charge >= 0.3 is 0 Å². The van der Waals surface area contributed by atoms with Crippen molar-refractivity contribution in [2.75, 3.05) is 0 Å². The van der Waals surface area contributed by atoms with Crippen LogP contribution in [-0.4, -0.2) is 16.9 Å². The molecule has 0 fully saturated rings. The normalized spacial score (nSPS) is 13.0. The van der Waals surface area contributed by atoms with Gasteiger partial charge in [0, 0.05) is 23.4 Å². The zero-order valence-electron chi connectivity index (χ0n) is 12.6. The van der Waals surface area contributed by atoms with Crippen molar-refractivity contribution < 1.29 is 4.79 Å². The highest BCUT2D eigenvalue weighted by molar-refractivity contribution is 7.09. The van der Waals surface area contributed by atoms with Crippen LogP contribution in [0, 0.1) is 0 Å². The lowest BCUT2D eigenvalue weighted by Crippen LogP contribution is -2.45. The highest BCUT2D eigenvalue weighted by Crippen LogP contribution is 2.27. The Morgan fingerprint density at radius 3 is 2.62 bits per heavy atom. The lowest BCUT2D eigenvalue weighted by atomic mass is 9.78. The first kappa shape index (κ1) is 15.7. The number of nitrogens with zero attached hydrogens (tertiary/aromatic N) is 1. The minimum Gasteiger partial charge on any atom is -0.347 e. The van der Waals surface area contributed by atoms with Gasteiger partial charge in [-0.3, -0.25) is 4.79 Å². The highest BCUT2D eigenvalue weighted by Gasteiger charge is 2.29. The lowest BCUT2D eigenvalue weighted by molar-refractivity contribution is 0.0919. The third kappa shape index (κ3) is 3.49. The van der Waals surface area contributed by atoms with E-state index >= 15 is 0 Å². The molecule has 1 atom stereocenters. The number of rotatable bonds is 5. The zero-order valence-corrected chi connectivity index (χ0v) is 13.4. The fourth-order valence-corrected chi connectivity index (χ4v) is 2.73. The minimum absolute atomic E-state index is 0.0181. The van der Waals surface area contributed by atoms with Crippen LogP contribution >= 0.6 is 11.3 Å². The van der Waals surface area contributed by atoms with Gasteiger partial charge in [0.05, 0.1) is 0 Å². The van der Waals surface area contributed by atoms with Crippen molar-refractivity contribution in [1.82, 2.24) is 10.3 Å². The molecule has 1 amide bonds. The van der Waals surface area contributed by atoms with E-state index in [0.29, 0.717) is 12.2 Å². The Kier molecular flexibility index (Phi) is 4.75. The molecule has 0 aliphatic carbocycles. The number of aromatic nitrogens is 1. The lowest BCUT2D eigenvalue weighted by Gasteiger charge is -2.32. The average Bonchev–Trinajstić information content (AvgIpc) is 2.97. The van der Waals surface area contributed by atoms with E-state index in [1.54, 1.807) is 5.38 Å². The number of hydrogen-bond acceptors (Lipinski definition) is 4.